The van der Waals surface area contributed by atoms with Crippen molar-refractivity contribution < 1.29 is 4.74 Å². The van der Waals surface area contributed by atoms with Crippen LogP contribution in [0.1, 0.15) is 26.5 Å². The summed E-state index contributed by atoms with van der Waals surface area (Å²) >= 11 is 2.30. The van der Waals surface area contributed by atoms with Crippen molar-refractivity contribution in [2.75, 3.05) is 12.4 Å². The minimum atomic E-state index is 0.225. The highest BCUT2D eigenvalue weighted by atomic mass is 127. The van der Waals surface area contributed by atoms with Gasteiger partial charge >= 0.3 is 0 Å². The van der Waals surface area contributed by atoms with E-state index < -0.39 is 0 Å². The maximum absolute atomic E-state index is 5.61. The van der Waals surface area contributed by atoms with Crippen LogP contribution in [0.5, 0.6) is 5.75 Å². The number of hydrogen-bond acceptors (Lipinski definition) is 4. The molecule has 1 atom stereocenters. The first kappa shape index (κ1) is 17.1. The van der Waals surface area contributed by atoms with Crippen LogP contribution < -0.4 is 15.4 Å². The van der Waals surface area contributed by atoms with Gasteiger partial charge in [-0.15, -0.1) is 0 Å². The SMILES string of the molecule is COc1cc(I)ccc1-c1c(C)nn2c1NC(C)C=C2NC(C)C. The molecular weight excluding hydrogens is 415 g/mol. The van der Waals surface area contributed by atoms with Gasteiger partial charge < -0.3 is 15.4 Å². The molecule has 0 saturated heterocycles. The molecule has 1 aromatic heterocycles. The number of fused-ring (bicyclic) bond motifs is 1. The van der Waals surface area contributed by atoms with E-state index in [4.69, 9.17) is 9.84 Å². The van der Waals surface area contributed by atoms with Crippen molar-refractivity contribution in [2.24, 2.45) is 0 Å². The molecule has 3 rings (SSSR count). The topological polar surface area (TPSA) is 51.1 Å². The minimum absolute atomic E-state index is 0.225. The highest BCUT2D eigenvalue weighted by molar-refractivity contribution is 14.1. The fourth-order valence-electron chi connectivity index (χ4n) is 3.00. The molecule has 6 heteroatoms. The Morgan fingerprint density at radius 3 is 2.79 bits per heavy atom. The average Bonchev–Trinajstić information content (AvgIpc) is 2.83. The van der Waals surface area contributed by atoms with E-state index in [9.17, 15) is 0 Å². The predicted molar refractivity (Wildman–Crippen MR) is 107 cm³/mol. The minimum Gasteiger partial charge on any atom is -0.496 e. The van der Waals surface area contributed by atoms with Crippen molar-refractivity contribution in [1.82, 2.24) is 15.1 Å². The molecule has 2 heterocycles. The number of benzene rings is 1. The number of anilines is 1. The largest absolute Gasteiger partial charge is 0.496 e. The second kappa shape index (κ2) is 6.66. The van der Waals surface area contributed by atoms with Gasteiger partial charge in [-0.05, 0) is 74.6 Å². The molecule has 2 N–H and O–H groups in total. The fourth-order valence-corrected chi connectivity index (χ4v) is 3.46. The molecule has 1 aliphatic rings. The van der Waals surface area contributed by atoms with Crippen LogP contribution in [0.2, 0.25) is 0 Å². The Morgan fingerprint density at radius 1 is 1.38 bits per heavy atom. The van der Waals surface area contributed by atoms with Crippen molar-refractivity contribution in [2.45, 2.75) is 39.8 Å². The van der Waals surface area contributed by atoms with Gasteiger partial charge in [0.2, 0.25) is 0 Å². The average molecular weight is 438 g/mol. The summed E-state index contributed by atoms with van der Waals surface area (Å²) in [6.07, 6.45) is 2.16. The molecule has 24 heavy (non-hydrogen) atoms. The van der Waals surface area contributed by atoms with Crippen LogP contribution in [-0.4, -0.2) is 29.0 Å². The maximum Gasteiger partial charge on any atom is 0.140 e. The number of nitrogens with one attached hydrogen (secondary N) is 2. The molecule has 1 unspecified atom stereocenters. The Bertz CT molecular complexity index is 795. The normalized spacial score (nSPS) is 16.5. The summed E-state index contributed by atoms with van der Waals surface area (Å²) < 4.78 is 8.72. The van der Waals surface area contributed by atoms with Gasteiger partial charge in [-0.3, -0.25) is 0 Å². The number of methoxy groups -OCH3 is 1. The monoisotopic (exact) mass is 438 g/mol. The number of halogens is 1. The van der Waals surface area contributed by atoms with E-state index >= 15 is 0 Å². The third kappa shape index (κ3) is 3.11. The highest BCUT2D eigenvalue weighted by Gasteiger charge is 2.25. The number of nitrogens with zero attached hydrogens (tertiary/aromatic N) is 2. The quantitative estimate of drug-likeness (QED) is 0.707. The molecular formula is C18H23IN4O. The Kier molecular flexibility index (Phi) is 4.76. The smallest absolute Gasteiger partial charge is 0.140 e. The molecule has 1 aliphatic heterocycles. The van der Waals surface area contributed by atoms with Gasteiger partial charge in [0.15, 0.2) is 0 Å². The molecule has 1 aromatic carbocycles. The lowest BCUT2D eigenvalue weighted by atomic mass is 10.0. The van der Waals surface area contributed by atoms with Crippen molar-refractivity contribution >= 4 is 34.2 Å². The summed E-state index contributed by atoms with van der Waals surface area (Å²) in [7, 11) is 1.71. The first-order chi connectivity index (χ1) is 11.4. The van der Waals surface area contributed by atoms with Gasteiger partial charge in [0.05, 0.1) is 18.4 Å². The van der Waals surface area contributed by atoms with E-state index in [1.165, 1.54) is 0 Å². The van der Waals surface area contributed by atoms with E-state index in [-0.39, 0.29) is 6.04 Å². The van der Waals surface area contributed by atoms with Gasteiger partial charge in [-0.1, -0.05) is 0 Å². The van der Waals surface area contributed by atoms with Crippen LogP contribution in [0.15, 0.2) is 24.3 Å². The van der Waals surface area contributed by atoms with Crippen molar-refractivity contribution in [3.8, 4) is 16.9 Å². The summed E-state index contributed by atoms with van der Waals surface area (Å²) in [6.45, 7) is 8.44. The molecule has 0 saturated carbocycles. The number of ether oxygens (including phenoxy) is 1. The lowest BCUT2D eigenvalue weighted by Crippen LogP contribution is -2.31. The summed E-state index contributed by atoms with van der Waals surface area (Å²) in [4.78, 5) is 0. The van der Waals surface area contributed by atoms with Crippen LogP contribution in [0, 0.1) is 10.5 Å². The van der Waals surface area contributed by atoms with Gasteiger partial charge in [0.1, 0.15) is 17.4 Å². The standard InChI is InChI=1S/C18H23IN4O/c1-10(2)20-16-8-11(3)21-18-17(12(4)22-23(16)18)14-7-6-13(19)9-15(14)24-5/h6-11,20-21H,1-5H3. The van der Waals surface area contributed by atoms with Crippen LogP contribution in [0.25, 0.3) is 16.9 Å². The number of rotatable bonds is 4. The van der Waals surface area contributed by atoms with Crippen LogP contribution in [0.3, 0.4) is 0 Å². The van der Waals surface area contributed by atoms with E-state index in [0.717, 1.165) is 37.8 Å². The lowest BCUT2D eigenvalue weighted by Gasteiger charge is -2.25. The van der Waals surface area contributed by atoms with Crippen LogP contribution in [-0.2, 0) is 0 Å². The molecule has 0 fully saturated rings. The zero-order valence-corrected chi connectivity index (χ0v) is 16.8. The van der Waals surface area contributed by atoms with E-state index in [0.29, 0.717) is 6.04 Å². The zero-order valence-electron chi connectivity index (χ0n) is 14.6. The van der Waals surface area contributed by atoms with Gasteiger partial charge in [0.25, 0.3) is 0 Å². The first-order valence-electron chi connectivity index (χ1n) is 8.09. The summed E-state index contributed by atoms with van der Waals surface area (Å²) in [5.41, 5.74) is 3.12. The van der Waals surface area contributed by atoms with Crippen molar-refractivity contribution in [1.29, 1.82) is 0 Å². The first-order valence-corrected chi connectivity index (χ1v) is 9.17. The Balaban J connectivity index is 2.16. The molecule has 0 bridgehead atoms. The molecule has 0 amide bonds. The van der Waals surface area contributed by atoms with Crippen molar-refractivity contribution in [3.63, 3.8) is 0 Å². The summed E-state index contributed by atoms with van der Waals surface area (Å²) in [5, 5.41) is 11.8. The predicted octanol–water partition coefficient (Wildman–Crippen LogP) is 4.08. The summed E-state index contributed by atoms with van der Waals surface area (Å²) in [6, 6.07) is 6.82. The third-order valence-electron chi connectivity index (χ3n) is 3.93. The second-order valence-electron chi connectivity index (χ2n) is 6.35. The highest BCUT2D eigenvalue weighted by Crippen LogP contribution is 2.40. The lowest BCUT2D eigenvalue weighted by molar-refractivity contribution is 0.416. The van der Waals surface area contributed by atoms with E-state index in [1.807, 2.05) is 11.6 Å². The van der Waals surface area contributed by atoms with E-state index in [1.54, 1.807) is 7.11 Å². The van der Waals surface area contributed by atoms with Crippen molar-refractivity contribution in [3.05, 3.63) is 33.5 Å². The number of hydrogen-bond donors (Lipinski definition) is 2. The van der Waals surface area contributed by atoms with Gasteiger partial charge in [-0.25, -0.2) is 4.68 Å². The molecule has 0 radical (unpaired) electrons. The van der Waals surface area contributed by atoms with E-state index in [2.05, 4.69) is 78.3 Å². The molecule has 0 spiro atoms. The fraction of sp³-hybridized carbons (Fsp3) is 0.389. The number of aromatic nitrogens is 2. The Morgan fingerprint density at radius 2 is 2.12 bits per heavy atom. The van der Waals surface area contributed by atoms with Crippen LogP contribution in [0.4, 0.5) is 5.82 Å². The number of aryl methyl sites for hydroxylation is 1. The van der Waals surface area contributed by atoms with Crippen LogP contribution >= 0.6 is 22.6 Å². The molecule has 2 aromatic rings. The second-order valence-corrected chi connectivity index (χ2v) is 7.60. The van der Waals surface area contributed by atoms with Gasteiger partial charge in [0, 0.05) is 21.2 Å². The summed E-state index contributed by atoms with van der Waals surface area (Å²) in [5.74, 6) is 2.89. The zero-order chi connectivity index (χ0) is 17.4. The Labute approximate surface area is 156 Å². The Hall–Kier alpha value is -1.70. The molecule has 128 valence electrons. The molecule has 5 nitrogen and oxygen atoms in total. The maximum atomic E-state index is 5.61. The van der Waals surface area contributed by atoms with Gasteiger partial charge in [-0.2, -0.15) is 5.10 Å². The molecule has 0 aliphatic carbocycles. The third-order valence-corrected chi connectivity index (χ3v) is 4.60.